The number of primary sulfonamides is 2. The molecule has 0 aliphatic rings. The van der Waals surface area contributed by atoms with Crippen molar-refractivity contribution in [1.82, 2.24) is 9.97 Å². The Morgan fingerprint density at radius 1 is 0.706 bits per heavy atom. The molecule has 51 heavy (non-hydrogen) atoms. The molecule has 0 spiro atoms. The van der Waals surface area contributed by atoms with Crippen molar-refractivity contribution < 1.29 is 36.6 Å². The highest BCUT2D eigenvalue weighted by molar-refractivity contribution is 7.89. The predicted molar refractivity (Wildman–Crippen MR) is 196 cm³/mol. The minimum absolute atomic E-state index is 0.0170. The number of aliphatic imine (C=N–C) groups is 2. The van der Waals surface area contributed by atoms with Crippen LogP contribution in [0.5, 0.6) is 11.8 Å². The first-order valence-electron chi connectivity index (χ1n) is 14.9. The lowest BCUT2D eigenvalue weighted by Gasteiger charge is -2.00. The van der Waals surface area contributed by atoms with Crippen LogP contribution >= 0.6 is 0 Å². The Bertz CT molecular complexity index is 2550. The van der Waals surface area contributed by atoms with Gasteiger partial charge in [-0.25, -0.2) is 31.9 Å². The first-order valence-corrected chi connectivity index (χ1v) is 18.0. The fourth-order valence-corrected chi connectivity index (χ4v) is 6.10. The number of nitrogens with zero attached hydrogens (tertiary/aromatic N) is 2. The van der Waals surface area contributed by atoms with Crippen molar-refractivity contribution in [2.24, 2.45) is 20.3 Å². The quantitative estimate of drug-likeness (QED) is 0.0703. The topological polar surface area (TPSA) is 243 Å². The van der Waals surface area contributed by atoms with Gasteiger partial charge in [-0.2, -0.15) is 0 Å². The summed E-state index contributed by atoms with van der Waals surface area (Å²) in [6.45, 7) is 1.95. The van der Waals surface area contributed by atoms with E-state index in [9.17, 15) is 31.8 Å². The summed E-state index contributed by atoms with van der Waals surface area (Å²) < 4.78 is 49.7. The molecule has 2 aromatic heterocycles. The lowest BCUT2D eigenvalue weighted by atomic mass is 10.1. The molecule has 0 saturated carbocycles. The van der Waals surface area contributed by atoms with Gasteiger partial charge in [0.1, 0.15) is 0 Å². The van der Waals surface area contributed by atoms with Crippen molar-refractivity contribution in [3.05, 3.63) is 113 Å². The molecule has 4 aromatic carbocycles. The van der Waals surface area contributed by atoms with Crippen molar-refractivity contribution in [2.75, 3.05) is 7.11 Å². The number of aromatic amines is 2. The number of aryl methyl sites for hydroxylation is 1. The van der Waals surface area contributed by atoms with Crippen LogP contribution in [0.1, 0.15) is 22.3 Å². The summed E-state index contributed by atoms with van der Waals surface area (Å²) in [4.78, 5) is 25.7. The number of nitrogens with one attached hydrogen (secondary N) is 2. The van der Waals surface area contributed by atoms with Gasteiger partial charge >= 0.3 is 5.97 Å². The third-order valence-corrected chi connectivity index (χ3v) is 9.40. The second kappa shape index (κ2) is 14.8. The summed E-state index contributed by atoms with van der Waals surface area (Å²) in [6.07, 6.45) is 5.87. The molecule has 8 N–H and O–H groups in total. The molecule has 0 saturated heterocycles. The minimum atomic E-state index is -3.78. The summed E-state index contributed by atoms with van der Waals surface area (Å²) in [6, 6.07) is 22.7. The van der Waals surface area contributed by atoms with Crippen molar-refractivity contribution in [3.8, 4) is 11.8 Å². The summed E-state index contributed by atoms with van der Waals surface area (Å²) in [7, 11) is -6.21. The number of H-pyrrole nitrogens is 2. The van der Waals surface area contributed by atoms with Gasteiger partial charge in [0.05, 0.1) is 39.4 Å². The summed E-state index contributed by atoms with van der Waals surface area (Å²) >= 11 is 0. The number of nitrogens with two attached hydrogens (primary N) is 2. The maximum atomic E-state index is 11.4. The normalized spacial score (nSPS) is 12.2. The molecule has 0 amide bonds. The maximum absolute atomic E-state index is 11.4. The molecular weight excluding hydrogens is 697 g/mol. The molecule has 0 aliphatic carbocycles. The van der Waals surface area contributed by atoms with Crippen LogP contribution in [0.4, 0.5) is 11.4 Å². The highest BCUT2D eigenvalue weighted by Crippen LogP contribution is 2.31. The number of carbonyl (C=O) groups excluding carboxylic acids is 1. The molecule has 262 valence electrons. The zero-order valence-electron chi connectivity index (χ0n) is 27.1. The zero-order valence-corrected chi connectivity index (χ0v) is 28.7. The number of methoxy groups -OCH3 is 1. The SMILES string of the molecule is COC(=O)/C=C/c1cccc2[nH]c(O)c(C=Nc3ccc(S(N)(=O)=O)cc3)c12.Cc1cccc2[nH]c(O)c(C=Nc3ccc(S(N)(=O)=O)cc3)c12. The fraction of sp³-hybridized carbons (Fsp3) is 0.0571. The number of rotatable bonds is 8. The van der Waals surface area contributed by atoms with Crippen LogP contribution in [-0.4, -0.2) is 62.5 Å². The van der Waals surface area contributed by atoms with Gasteiger partial charge in [-0.3, -0.25) is 9.98 Å². The number of aromatic hydroxyl groups is 2. The molecular formula is C35H32N6O8S2. The molecule has 0 fully saturated rings. The average molecular weight is 729 g/mol. The summed E-state index contributed by atoms with van der Waals surface area (Å²) in [5.41, 5.74) is 5.24. The molecule has 0 aliphatic heterocycles. The number of fused-ring (bicyclic) bond motifs is 2. The number of ether oxygens (including phenoxy) is 1. The van der Waals surface area contributed by atoms with Crippen LogP contribution in [-0.2, 0) is 29.6 Å². The Hall–Kier alpha value is -6.07. The van der Waals surface area contributed by atoms with E-state index in [1.807, 2.05) is 25.1 Å². The number of sulfonamides is 2. The maximum Gasteiger partial charge on any atom is 0.330 e. The molecule has 2 heterocycles. The van der Waals surface area contributed by atoms with Gasteiger partial charge in [-0.1, -0.05) is 24.3 Å². The molecule has 14 nitrogen and oxygen atoms in total. The van der Waals surface area contributed by atoms with Crippen molar-refractivity contribution in [1.29, 1.82) is 0 Å². The molecule has 0 atom stereocenters. The van der Waals surface area contributed by atoms with E-state index in [2.05, 4.69) is 24.7 Å². The van der Waals surface area contributed by atoms with E-state index in [4.69, 9.17) is 10.3 Å². The van der Waals surface area contributed by atoms with E-state index in [1.54, 1.807) is 42.6 Å². The van der Waals surface area contributed by atoms with Crippen LogP contribution in [0.25, 0.3) is 27.9 Å². The van der Waals surface area contributed by atoms with Crippen molar-refractivity contribution in [3.63, 3.8) is 0 Å². The number of aromatic nitrogens is 2. The number of hydrogen-bond acceptors (Lipinski definition) is 10. The molecule has 0 unspecified atom stereocenters. The van der Waals surface area contributed by atoms with Gasteiger partial charge < -0.3 is 24.9 Å². The van der Waals surface area contributed by atoms with E-state index < -0.39 is 26.0 Å². The lowest BCUT2D eigenvalue weighted by Crippen LogP contribution is -2.11. The first-order chi connectivity index (χ1) is 24.2. The van der Waals surface area contributed by atoms with Gasteiger partial charge in [0, 0.05) is 40.3 Å². The van der Waals surface area contributed by atoms with Gasteiger partial charge in [-0.05, 0) is 84.8 Å². The van der Waals surface area contributed by atoms with E-state index in [-0.39, 0.29) is 21.6 Å². The van der Waals surface area contributed by atoms with Gasteiger partial charge in [0.25, 0.3) is 0 Å². The number of esters is 1. The molecule has 6 rings (SSSR count). The lowest BCUT2D eigenvalue weighted by molar-refractivity contribution is -0.134. The Labute approximate surface area is 292 Å². The van der Waals surface area contributed by atoms with E-state index in [1.165, 1.54) is 55.8 Å². The second-order valence-electron chi connectivity index (χ2n) is 11.0. The standard InChI is InChI=1S/C19H17N3O5S.C16H15N3O3S/c1-27-17(23)10-5-12-3-2-4-16-18(12)15(19(24)22-16)11-21-13-6-8-14(9-7-13)28(20,25)26;1-10-3-2-4-14-15(10)13(16(20)19-14)9-18-11-5-7-12(8-6-11)23(17,21)22/h2-11,22,24H,1H3,(H2,20,25,26);2-9,19-20H,1H3,(H2,17,21,22)/b10-5+,21-11?;. The molecule has 6 aromatic rings. The number of carbonyl (C=O) groups is 1. The highest BCUT2D eigenvalue weighted by Gasteiger charge is 2.13. The smallest absolute Gasteiger partial charge is 0.330 e. The Morgan fingerprint density at radius 2 is 1.16 bits per heavy atom. The minimum Gasteiger partial charge on any atom is -0.494 e. The average Bonchev–Trinajstić information content (AvgIpc) is 3.60. The zero-order chi connectivity index (χ0) is 36.9. The van der Waals surface area contributed by atoms with Crippen LogP contribution in [0.2, 0.25) is 0 Å². The summed E-state index contributed by atoms with van der Waals surface area (Å²) in [5.74, 6) is -0.542. The van der Waals surface area contributed by atoms with Crippen LogP contribution in [0.15, 0.2) is 111 Å². The van der Waals surface area contributed by atoms with E-state index in [0.717, 1.165) is 16.5 Å². The van der Waals surface area contributed by atoms with E-state index in [0.29, 0.717) is 39.0 Å². The Morgan fingerprint density at radius 3 is 1.63 bits per heavy atom. The molecule has 0 bridgehead atoms. The Balaban J connectivity index is 0.000000201. The third-order valence-electron chi connectivity index (χ3n) is 7.54. The predicted octanol–water partition coefficient (Wildman–Crippen LogP) is 5.04. The van der Waals surface area contributed by atoms with Crippen LogP contribution in [0, 0.1) is 6.92 Å². The molecule has 0 radical (unpaired) electrons. The van der Waals surface area contributed by atoms with Crippen molar-refractivity contribution >= 4 is 77.7 Å². The molecule has 16 heteroatoms. The largest absolute Gasteiger partial charge is 0.494 e. The highest BCUT2D eigenvalue weighted by atomic mass is 32.2. The third kappa shape index (κ3) is 8.57. The van der Waals surface area contributed by atoms with Gasteiger partial charge in [0.2, 0.25) is 20.0 Å². The fourth-order valence-electron chi connectivity index (χ4n) is 5.07. The van der Waals surface area contributed by atoms with E-state index >= 15 is 0 Å². The van der Waals surface area contributed by atoms with Gasteiger partial charge in [-0.15, -0.1) is 0 Å². The van der Waals surface area contributed by atoms with Crippen LogP contribution < -0.4 is 10.3 Å². The Kier molecular flexibility index (Phi) is 10.5. The number of benzene rings is 4. The van der Waals surface area contributed by atoms with Crippen LogP contribution in [0.3, 0.4) is 0 Å². The second-order valence-corrected chi connectivity index (χ2v) is 14.1. The summed E-state index contributed by atoms with van der Waals surface area (Å²) in [5, 5.41) is 32.0. The van der Waals surface area contributed by atoms with Crippen molar-refractivity contribution in [2.45, 2.75) is 16.7 Å². The first kappa shape index (κ1) is 36.2. The monoisotopic (exact) mass is 728 g/mol. The number of hydrogen-bond donors (Lipinski definition) is 6. The van der Waals surface area contributed by atoms with Gasteiger partial charge in [0.15, 0.2) is 11.8 Å².